The first-order chi connectivity index (χ1) is 47.0. The summed E-state index contributed by atoms with van der Waals surface area (Å²) in [6.07, 6.45) is 49.4. The smallest absolute Gasteiger partial charge is 0.305 e. The lowest BCUT2D eigenvalue weighted by molar-refractivity contribution is -0.141. The standard InChI is InChI=1S/C22H41N5O5S.C21H39N5O5S.C17H32N4O2.C4H9NO4S/c1-32-22(29)18-15-19-33(30,31)25-21(28)17-14-12-10-8-6-4-2-3-5-7-9-11-13-16-20-23-26-27-24-20;27-20(24-32(30,31)18-14-17-21(28)29)16-13-11-9-7-5-3-1-2-4-6-8-10-12-15-19-22-25-26-23-19;22-17(23)15-13-11-9-7-5-3-1-2-4-6-8-10-12-14-16-18-20-21-19-16;5-10(8,9)3-1-2-4(6)7/h2-19H2,1H3,(H,25,28)(H,23,24,26,27);1-18H2,(H,24,27)(H,28,29)(H,22,23,25,26);1-15H2,(H,22,23)(H,18,19,20,21);1-3H2,(H,6,7)(H2,5,8,9). The first-order valence-electron chi connectivity index (χ1n) is 36.0. The minimum atomic E-state index is -3.73. The average molecular weight is 1450 g/mol. The van der Waals surface area contributed by atoms with Gasteiger partial charge in [0, 0.05) is 57.8 Å². The number of H-pyrrole nitrogens is 3. The summed E-state index contributed by atoms with van der Waals surface area (Å²) in [5, 5.41) is 71.5. The zero-order valence-electron chi connectivity index (χ0n) is 58.7. The van der Waals surface area contributed by atoms with E-state index < -0.39 is 65.8 Å². The third-order valence-electron chi connectivity index (χ3n) is 15.8. The molecule has 0 unspecified atom stereocenters. The monoisotopic (exact) mass is 1450 g/mol. The summed E-state index contributed by atoms with van der Waals surface area (Å²) < 4.78 is 75.9. The summed E-state index contributed by atoms with van der Waals surface area (Å²) in [6, 6.07) is 0. The minimum absolute atomic E-state index is 0.000550. The average Bonchev–Trinajstić information content (AvgIpc) is 1.54. The molecule has 3 aromatic heterocycles. The molecule has 98 heavy (non-hydrogen) atoms. The first kappa shape index (κ1) is 91.8. The van der Waals surface area contributed by atoms with Crippen molar-refractivity contribution >= 4 is 65.8 Å². The van der Waals surface area contributed by atoms with Crippen LogP contribution < -0.4 is 14.6 Å². The number of hydrogen-bond acceptors (Lipinski definition) is 22. The molecular weight excluding hydrogens is 1330 g/mol. The number of aryl methyl sites for hydroxylation is 3. The second-order valence-electron chi connectivity index (χ2n) is 24.9. The Labute approximate surface area is 582 Å². The Morgan fingerprint density at radius 1 is 0.337 bits per heavy atom. The predicted octanol–water partition coefficient (Wildman–Crippen LogP) is 10.5. The van der Waals surface area contributed by atoms with Crippen LogP contribution in [0.2, 0.25) is 0 Å². The lowest BCUT2D eigenvalue weighted by Gasteiger charge is -2.07. The number of tetrazole rings is 3. The molecule has 0 aromatic carbocycles. The van der Waals surface area contributed by atoms with Crippen molar-refractivity contribution in [2.45, 2.75) is 327 Å². The first-order valence-corrected chi connectivity index (χ1v) is 41.0. The summed E-state index contributed by atoms with van der Waals surface area (Å²) in [5.74, 6) is -2.59. The van der Waals surface area contributed by atoms with E-state index in [9.17, 15) is 54.0 Å². The number of aromatic nitrogens is 12. The second kappa shape index (κ2) is 63.0. The van der Waals surface area contributed by atoms with Gasteiger partial charge in [-0.15, -0.1) is 30.6 Å². The van der Waals surface area contributed by atoms with Crippen LogP contribution in [0.3, 0.4) is 0 Å². The molecule has 0 fully saturated rings. The molecule has 10 N–H and O–H groups in total. The van der Waals surface area contributed by atoms with Crippen LogP contribution in [-0.2, 0) is 82.8 Å². The highest BCUT2D eigenvalue weighted by Crippen LogP contribution is 2.17. The Morgan fingerprint density at radius 2 is 0.561 bits per heavy atom. The van der Waals surface area contributed by atoms with Crippen molar-refractivity contribution in [1.29, 1.82) is 0 Å². The molecule has 0 aliphatic heterocycles. The number of carbonyl (C=O) groups excluding carboxylic acids is 3. The van der Waals surface area contributed by atoms with Gasteiger partial charge in [-0.1, -0.05) is 228 Å². The second-order valence-corrected chi connectivity index (χ2v) is 30.3. The van der Waals surface area contributed by atoms with Gasteiger partial charge in [-0.25, -0.2) is 30.4 Å². The lowest BCUT2D eigenvalue weighted by Crippen LogP contribution is -2.32. The van der Waals surface area contributed by atoms with Gasteiger partial charge in [0.1, 0.15) is 0 Å². The number of amides is 2. The number of nitrogens with one attached hydrogen (secondary N) is 5. The molecule has 3 rings (SSSR count). The summed E-state index contributed by atoms with van der Waals surface area (Å²) in [7, 11) is -9.63. The van der Waals surface area contributed by atoms with Crippen molar-refractivity contribution in [3.8, 4) is 0 Å². The zero-order valence-corrected chi connectivity index (χ0v) is 61.1. The fourth-order valence-corrected chi connectivity index (χ4v) is 13.0. The molecular formula is C64H121N15O16S3. The number of rotatable bonds is 62. The molecule has 0 atom stereocenters. The summed E-state index contributed by atoms with van der Waals surface area (Å²) in [5.41, 5.74) is 0. The van der Waals surface area contributed by atoms with Gasteiger partial charge in [-0.3, -0.25) is 38.2 Å². The van der Waals surface area contributed by atoms with Gasteiger partial charge >= 0.3 is 23.9 Å². The Hall–Kier alpha value is -6.16. The van der Waals surface area contributed by atoms with Gasteiger partial charge in [0.2, 0.25) is 41.9 Å². The van der Waals surface area contributed by atoms with Crippen molar-refractivity contribution in [2.75, 3.05) is 24.4 Å². The Morgan fingerprint density at radius 3 is 0.796 bits per heavy atom. The lowest BCUT2D eigenvalue weighted by atomic mass is 10.0. The summed E-state index contributed by atoms with van der Waals surface area (Å²) >= 11 is 0. The molecule has 0 bridgehead atoms. The molecule has 3 aromatic rings. The number of nitrogens with zero attached hydrogens (tertiary/aromatic N) is 9. The van der Waals surface area contributed by atoms with Gasteiger partial charge in [0.15, 0.2) is 17.5 Å². The van der Waals surface area contributed by atoms with E-state index in [0.29, 0.717) is 19.3 Å². The van der Waals surface area contributed by atoms with Crippen LogP contribution in [-0.4, -0.2) is 163 Å². The topological polar surface area (TPSA) is 488 Å². The molecule has 0 radical (unpaired) electrons. The highest BCUT2D eigenvalue weighted by molar-refractivity contribution is 7.90. The van der Waals surface area contributed by atoms with Crippen LogP contribution in [0.15, 0.2) is 0 Å². The Bertz CT molecular complexity index is 2770. The fourth-order valence-electron chi connectivity index (χ4n) is 10.3. The molecule has 0 aliphatic carbocycles. The number of sulfonamides is 3. The van der Waals surface area contributed by atoms with Gasteiger partial charge in [0.05, 0.1) is 24.4 Å². The molecule has 3 heterocycles. The highest BCUT2D eigenvalue weighted by Gasteiger charge is 2.17. The predicted molar refractivity (Wildman–Crippen MR) is 372 cm³/mol. The number of carboxylic acids is 3. The highest BCUT2D eigenvalue weighted by atomic mass is 32.2. The Kier molecular flexibility index (Phi) is 59.1. The van der Waals surface area contributed by atoms with Crippen molar-refractivity contribution < 1.29 is 74.1 Å². The number of aromatic amines is 3. The summed E-state index contributed by atoms with van der Waals surface area (Å²) in [4.78, 5) is 65.1. The van der Waals surface area contributed by atoms with Crippen LogP contribution in [0.4, 0.5) is 0 Å². The molecule has 0 saturated heterocycles. The minimum Gasteiger partial charge on any atom is -0.481 e. The number of hydrogen-bond donors (Lipinski definition) is 9. The van der Waals surface area contributed by atoms with E-state index >= 15 is 0 Å². The Balaban J connectivity index is 0.00000136. The normalized spacial score (nSPS) is 11.3. The molecule has 0 aliphatic rings. The van der Waals surface area contributed by atoms with E-state index in [4.69, 9.17) is 15.3 Å². The zero-order chi connectivity index (χ0) is 72.5. The van der Waals surface area contributed by atoms with Gasteiger partial charge < -0.3 is 20.1 Å². The summed E-state index contributed by atoms with van der Waals surface area (Å²) in [6.45, 7) is 0. The van der Waals surface area contributed by atoms with Gasteiger partial charge in [-0.05, 0) is 57.8 Å². The maximum atomic E-state index is 11.8. The van der Waals surface area contributed by atoms with E-state index in [2.05, 4.69) is 76.5 Å². The number of ether oxygens (including phenoxy) is 1. The number of primary sulfonamides is 1. The number of esters is 1. The SMILES string of the molecule is COC(=O)CCCS(=O)(=O)NC(=O)CCCCCCCCCCCCCCCc1nn[nH]n1.NS(=O)(=O)CCCC(=O)O.O=C(O)CCCCCCCCCCCCCCCc1nn[nH]n1.O=C(O)CCCS(=O)(=O)NC(=O)CCCCCCCCCCCCCCCc1nn[nH]n1. The largest absolute Gasteiger partial charge is 0.481 e. The third-order valence-corrected chi connectivity index (χ3v) is 19.3. The number of unbranched alkanes of at least 4 members (excludes halogenated alkanes) is 36. The maximum Gasteiger partial charge on any atom is 0.305 e. The van der Waals surface area contributed by atoms with E-state index in [0.717, 1.165) is 107 Å². The van der Waals surface area contributed by atoms with Crippen LogP contribution in [0.1, 0.15) is 326 Å². The van der Waals surface area contributed by atoms with Crippen molar-refractivity contribution in [2.24, 2.45) is 5.14 Å². The number of nitrogens with two attached hydrogens (primary N) is 1. The van der Waals surface area contributed by atoms with Crippen LogP contribution in [0, 0.1) is 0 Å². The van der Waals surface area contributed by atoms with Crippen molar-refractivity contribution in [3.05, 3.63) is 17.5 Å². The van der Waals surface area contributed by atoms with E-state index in [1.807, 2.05) is 4.72 Å². The van der Waals surface area contributed by atoms with Gasteiger partial charge in [0.25, 0.3) is 0 Å². The molecule has 31 nitrogen and oxygen atoms in total. The van der Waals surface area contributed by atoms with Crippen LogP contribution >= 0.6 is 0 Å². The van der Waals surface area contributed by atoms with E-state index in [-0.39, 0.29) is 68.6 Å². The molecule has 2 amide bonds. The number of aliphatic carboxylic acids is 3. The van der Waals surface area contributed by atoms with E-state index in [1.165, 1.54) is 174 Å². The third kappa shape index (κ3) is 68.4. The molecule has 566 valence electrons. The number of methoxy groups -OCH3 is 1. The maximum absolute atomic E-state index is 11.8. The number of carboxylic acid groups (broad SMARTS) is 3. The van der Waals surface area contributed by atoms with Crippen LogP contribution in [0.5, 0.6) is 0 Å². The molecule has 34 heteroatoms. The van der Waals surface area contributed by atoms with Gasteiger partial charge in [-0.2, -0.15) is 15.6 Å². The van der Waals surface area contributed by atoms with Crippen LogP contribution in [0.25, 0.3) is 0 Å². The fraction of sp³-hybridized carbons (Fsp3) is 0.859. The van der Waals surface area contributed by atoms with Crippen molar-refractivity contribution in [3.63, 3.8) is 0 Å². The van der Waals surface area contributed by atoms with E-state index in [1.54, 1.807) is 0 Å². The number of carbonyl (C=O) groups is 6. The van der Waals surface area contributed by atoms with Crippen molar-refractivity contribution in [1.82, 2.24) is 71.3 Å². The molecule has 0 saturated carbocycles. The molecule has 0 spiro atoms. The quantitative estimate of drug-likeness (QED) is 0.0187.